The van der Waals surface area contributed by atoms with Gasteiger partial charge in [-0.25, -0.2) is 0 Å². The number of rotatable bonds is 7. The van der Waals surface area contributed by atoms with Gasteiger partial charge in [-0.1, -0.05) is 25.1 Å². The molecule has 5 nitrogen and oxygen atoms in total. The van der Waals surface area contributed by atoms with Gasteiger partial charge in [-0.3, -0.25) is 4.79 Å². The van der Waals surface area contributed by atoms with Gasteiger partial charge < -0.3 is 20.5 Å². The number of halogens is 1. The molecule has 1 atom stereocenters. The predicted molar refractivity (Wildman–Crippen MR) is 104 cm³/mol. The van der Waals surface area contributed by atoms with Crippen molar-refractivity contribution in [3.63, 3.8) is 0 Å². The number of carbonyl (C=O) groups excluding carboxylic acids is 1. The van der Waals surface area contributed by atoms with Crippen LogP contribution in [0.25, 0.3) is 0 Å². The van der Waals surface area contributed by atoms with Crippen molar-refractivity contribution < 1.29 is 14.3 Å². The SMILES string of the molecule is COc1ccc(NC(=O)CC(C)Cc2ccccc2OC)cc1N.Cl. The average molecular weight is 365 g/mol. The highest BCUT2D eigenvalue weighted by molar-refractivity contribution is 5.91. The van der Waals surface area contributed by atoms with E-state index in [1.165, 1.54) is 0 Å². The summed E-state index contributed by atoms with van der Waals surface area (Å²) in [7, 11) is 3.22. The molecule has 0 heterocycles. The fourth-order valence-corrected chi connectivity index (χ4v) is 2.66. The van der Waals surface area contributed by atoms with Crippen molar-refractivity contribution in [3.05, 3.63) is 48.0 Å². The lowest BCUT2D eigenvalue weighted by molar-refractivity contribution is -0.116. The molecule has 0 fully saturated rings. The summed E-state index contributed by atoms with van der Waals surface area (Å²) in [6, 6.07) is 13.1. The number of hydrogen-bond donors (Lipinski definition) is 2. The number of nitrogens with one attached hydrogen (secondary N) is 1. The fraction of sp³-hybridized carbons (Fsp3) is 0.316. The summed E-state index contributed by atoms with van der Waals surface area (Å²) in [6.45, 7) is 2.05. The van der Waals surface area contributed by atoms with E-state index in [9.17, 15) is 4.79 Å². The van der Waals surface area contributed by atoms with E-state index in [-0.39, 0.29) is 24.2 Å². The van der Waals surface area contributed by atoms with Crippen LogP contribution in [0.4, 0.5) is 11.4 Å². The number of carbonyl (C=O) groups is 1. The highest BCUT2D eigenvalue weighted by Gasteiger charge is 2.13. The van der Waals surface area contributed by atoms with Crippen molar-refractivity contribution in [3.8, 4) is 11.5 Å². The number of ether oxygens (including phenoxy) is 2. The molecule has 6 heteroatoms. The van der Waals surface area contributed by atoms with Crippen LogP contribution in [-0.2, 0) is 11.2 Å². The first kappa shape index (κ1) is 20.6. The summed E-state index contributed by atoms with van der Waals surface area (Å²) >= 11 is 0. The Kier molecular flexibility index (Phi) is 8.08. The number of hydrogen-bond acceptors (Lipinski definition) is 4. The molecule has 0 radical (unpaired) electrons. The van der Waals surface area contributed by atoms with Crippen LogP contribution in [0.1, 0.15) is 18.9 Å². The Bertz CT molecular complexity index is 707. The third-order valence-electron chi connectivity index (χ3n) is 3.81. The van der Waals surface area contributed by atoms with E-state index in [2.05, 4.69) is 12.2 Å². The molecule has 2 aromatic carbocycles. The highest BCUT2D eigenvalue weighted by atomic mass is 35.5. The van der Waals surface area contributed by atoms with Gasteiger partial charge in [0, 0.05) is 12.1 Å². The van der Waals surface area contributed by atoms with Gasteiger partial charge in [0.1, 0.15) is 11.5 Å². The van der Waals surface area contributed by atoms with Gasteiger partial charge in [-0.05, 0) is 42.2 Å². The standard InChI is InChI=1S/C19H24N2O3.ClH/c1-13(10-14-6-4-5-7-17(14)23-2)11-19(22)21-15-8-9-18(24-3)16(20)12-15;/h4-9,12-13H,10-11,20H2,1-3H3,(H,21,22);1H. The number of benzene rings is 2. The molecular formula is C19H25ClN2O3. The van der Waals surface area contributed by atoms with Gasteiger partial charge in [0.15, 0.2) is 0 Å². The quantitative estimate of drug-likeness (QED) is 0.730. The number of para-hydroxylation sites is 1. The summed E-state index contributed by atoms with van der Waals surface area (Å²) in [6.07, 6.45) is 1.20. The second kappa shape index (κ2) is 9.79. The van der Waals surface area contributed by atoms with E-state index in [1.807, 2.05) is 24.3 Å². The van der Waals surface area contributed by atoms with Crippen LogP contribution in [0.2, 0.25) is 0 Å². The van der Waals surface area contributed by atoms with E-state index in [0.29, 0.717) is 23.5 Å². The van der Waals surface area contributed by atoms with E-state index >= 15 is 0 Å². The zero-order chi connectivity index (χ0) is 17.5. The molecule has 2 rings (SSSR count). The highest BCUT2D eigenvalue weighted by Crippen LogP contribution is 2.25. The molecule has 1 unspecified atom stereocenters. The van der Waals surface area contributed by atoms with E-state index < -0.39 is 0 Å². The van der Waals surface area contributed by atoms with Crippen LogP contribution in [0.3, 0.4) is 0 Å². The molecule has 1 amide bonds. The molecule has 0 saturated carbocycles. The Morgan fingerprint density at radius 1 is 1.12 bits per heavy atom. The predicted octanol–water partition coefficient (Wildman–Crippen LogP) is 3.92. The summed E-state index contributed by atoms with van der Waals surface area (Å²) in [4.78, 5) is 12.2. The maximum Gasteiger partial charge on any atom is 0.224 e. The van der Waals surface area contributed by atoms with Crippen molar-refractivity contribution in [2.24, 2.45) is 5.92 Å². The molecule has 0 bridgehead atoms. The zero-order valence-corrected chi connectivity index (χ0v) is 15.6. The third-order valence-corrected chi connectivity index (χ3v) is 3.81. The fourth-order valence-electron chi connectivity index (χ4n) is 2.66. The van der Waals surface area contributed by atoms with Gasteiger partial charge >= 0.3 is 0 Å². The first-order chi connectivity index (χ1) is 11.5. The number of methoxy groups -OCH3 is 2. The molecule has 0 aliphatic heterocycles. The average Bonchev–Trinajstić information content (AvgIpc) is 2.55. The Morgan fingerprint density at radius 3 is 2.44 bits per heavy atom. The number of amides is 1. The molecule has 0 aromatic heterocycles. The Hall–Kier alpha value is -2.40. The van der Waals surface area contributed by atoms with Crippen LogP contribution >= 0.6 is 12.4 Å². The minimum atomic E-state index is -0.0398. The lowest BCUT2D eigenvalue weighted by Gasteiger charge is -2.14. The van der Waals surface area contributed by atoms with Gasteiger partial charge in [0.25, 0.3) is 0 Å². The Labute approximate surface area is 154 Å². The Balaban J connectivity index is 0.00000312. The van der Waals surface area contributed by atoms with Crippen LogP contribution in [0.15, 0.2) is 42.5 Å². The summed E-state index contributed by atoms with van der Waals surface area (Å²) < 4.78 is 10.5. The van der Waals surface area contributed by atoms with Crippen molar-refractivity contribution in [1.29, 1.82) is 0 Å². The number of nitrogens with two attached hydrogens (primary N) is 1. The third kappa shape index (κ3) is 5.87. The molecule has 3 N–H and O–H groups in total. The smallest absolute Gasteiger partial charge is 0.224 e. The Morgan fingerprint density at radius 2 is 1.80 bits per heavy atom. The summed E-state index contributed by atoms with van der Waals surface area (Å²) in [5.74, 6) is 1.60. The molecular weight excluding hydrogens is 340 g/mol. The largest absolute Gasteiger partial charge is 0.496 e. The second-order valence-corrected chi connectivity index (χ2v) is 5.83. The topological polar surface area (TPSA) is 73.6 Å². The first-order valence-electron chi connectivity index (χ1n) is 7.88. The van der Waals surface area contributed by atoms with Crippen molar-refractivity contribution in [2.75, 3.05) is 25.3 Å². The maximum absolute atomic E-state index is 12.2. The molecule has 136 valence electrons. The van der Waals surface area contributed by atoms with E-state index in [0.717, 1.165) is 17.7 Å². The van der Waals surface area contributed by atoms with Gasteiger partial charge in [0.2, 0.25) is 5.91 Å². The van der Waals surface area contributed by atoms with Gasteiger partial charge in [-0.2, -0.15) is 0 Å². The first-order valence-corrected chi connectivity index (χ1v) is 7.88. The monoisotopic (exact) mass is 364 g/mol. The van der Waals surface area contributed by atoms with Gasteiger partial charge in [0.05, 0.1) is 19.9 Å². The van der Waals surface area contributed by atoms with Crippen molar-refractivity contribution in [2.45, 2.75) is 19.8 Å². The normalized spacial score (nSPS) is 11.2. The van der Waals surface area contributed by atoms with Crippen LogP contribution in [0, 0.1) is 5.92 Å². The molecule has 25 heavy (non-hydrogen) atoms. The van der Waals surface area contributed by atoms with Crippen LogP contribution < -0.4 is 20.5 Å². The van der Waals surface area contributed by atoms with Crippen LogP contribution in [0.5, 0.6) is 11.5 Å². The minimum Gasteiger partial charge on any atom is -0.496 e. The molecule has 0 aliphatic rings. The van der Waals surface area contributed by atoms with E-state index in [1.54, 1.807) is 32.4 Å². The van der Waals surface area contributed by atoms with E-state index in [4.69, 9.17) is 15.2 Å². The van der Waals surface area contributed by atoms with Crippen molar-refractivity contribution in [1.82, 2.24) is 0 Å². The maximum atomic E-state index is 12.2. The lowest BCUT2D eigenvalue weighted by Crippen LogP contribution is -2.16. The number of nitrogen functional groups attached to an aromatic ring is 1. The summed E-state index contributed by atoms with van der Waals surface area (Å²) in [5, 5.41) is 2.87. The van der Waals surface area contributed by atoms with Gasteiger partial charge in [-0.15, -0.1) is 12.4 Å². The molecule has 0 saturated heterocycles. The lowest BCUT2D eigenvalue weighted by atomic mass is 9.97. The molecule has 0 spiro atoms. The van der Waals surface area contributed by atoms with Crippen LogP contribution in [-0.4, -0.2) is 20.1 Å². The summed E-state index contributed by atoms with van der Waals surface area (Å²) in [5.41, 5.74) is 8.13. The minimum absolute atomic E-state index is 0. The van der Waals surface area contributed by atoms with Crippen molar-refractivity contribution >= 4 is 29.7 Å². The molecule has 0 aliphatic carbocycles. The number of anilines is 2. The molecule has 2 aromatic rings. The second-order valence-electron chi connectivity index (χ2n) is 5.83. The zero-order valence-electron chi connectivity index (χ0n) is 14.7.